The number of nitrogens with one attached hydrogen (secondary N) is 1. The molecule has 0 aromatic carbocycles. The van der Waals surface area contributed by atoms with Gasteiger partial charge in [-0.15, -0.1) is 0 Å². The maximum absolute atomic E-state index is 12.0. The summed E-state index contributed by atoms with van der Waals surface area (Å²) in [5.41, 5.74) is 2.73. The molecule has 1 saturated carbocycles. The van der Waals surface area contributed by atoms with Crippen LogP contribution in [0.5, 0.6) is 0 Å². The van der Waals surface area contributed by atoms with Crippen LogP contribution in [0.15, 0.2) is 0 Å². The third-order valence-corrected chi connectivity index (χ3v) is 3.05. The molecule has 2 N–H and O–H groups in total. The van der Waals surface area contributed by atoms with Crippen LogP contribution in [0.1, 0.15) is 12.8 Å². The molecule has 0 radical (unpaired) electrons. The summed E-state index contributed by atoms with van der Waals surface area (Å²) >= 11 is 0. The van der Waals surface area contributed by atoms with Gasteiger partial charge in [0.05, 0.1) is 13.2 Å². The van der Waals surface area contributed by atoms with Crippen molar-refractivity contribution in [2.75, 3.05) is 39.4 Å². The molecule has 0 spiro atoms. The summed E-state index contributed by atoms with van der Waals surface area (Å²) in [7, 11) is 0. The number of aliphatic carboxylic acids is 1. The van der Waals surface area contributed by atoms with Crippen molar-refractivity contribution in [3.63, 3.8) is 0 Å². The average Bonchev–Trinajstić information content (AvgIpc) is 3.13. The van der Waals surface area contributed by atoms with Gasteiger partial charge < -0.3 is 14.7 Å². The zero-order chi connectivity index (χ0) is 13.0. The van der Waals surface area contributed by atoms with E-state index in [9.17, 15) is 9.59 Å². The number of morpholine rings is 1. The van der Waals surface area contributed by atoms with Crippen LogP contribution in [-0.4, -0.2) is 66.4 Å². The maximum atomic E-state index is 12.0. The topological polar surface area (TPSA) is 82.1 Å². The Balaban J connectivity index is 1.82. The molecule has 102 valence electrons. The number of nitrogens with zero attached hydrogens (tertiary/aromatic N) is 2. The summed E-state index contributed by atoms with van der Waals surface area (Å²) in [6, 6.07) is -0.328. The highest BCUT2D eigenvalue weighted by Gasteiger charge is 2.28. The Hall–Kier alpha value is -1.34. The number of urea groups is 1. The van der Waals surface area contributed by atoms with Crippen LogP contribution in [0.3, 0.4) is 0 Å². The van der Waals surface area contributed by atoms with Crippen LogP contribution in [0, 0.1) is 5.92 Å². The molecule has 1 aliphatic carbocycles. The molecule has 0 aromatic rings. The number of hydrazine groups is 1. The van der Waals surface area contributed by atoms with E-state index in [0.717, 1.165) is 12.8 Å². The van der Waals surface area contributed by atoms with Gasteiger partial charge in [-0.3, -0.25) is 10.2 Å². The first-order valence-electron chi connectivity index (χ1n) is 6.25. The Labute approximate surface area is 106 Å². The van der Waals surface area contributed by atoms with Gasteiger partial charge in [0.2, 0.25) is 0 Å². The lowest BCUT2D eigenvalue weighted by Gasteiger charge is -2.30. The molecule has 18 heavy (non-hydrogen) atoms. The number of carbonyl (C=O) groups excluding carboxylic acids is 1. The van der Waals surface area contributed by atoms with E-state index in [1.54, 1.807) is 5.01 Å². The molecule has 1 aliphatic heterocycles. The molecule has 1 saturated heterocycles. The van der Waals surface area contributed by atoms with Gasteiger partial charge in [-0.1, -0.05) is 0 Å². The molecule has 2 rings (SSSR count). The Morgan fingerprint density at radius 2 is 2.00 bits per heavy atom. The minimum atomic E-state index is -0.979. The number of hydrogen-bond acceptors (Lipinski definition) is 4. The fraction of sp³-hybridized carbons (Fsp3) is 0.818. The van der Waals surface area contributed by atoms with E-state index in [-0.39, 0.29) is 12.6 Å². The highest BCUT2D eigenvalue weighted by Crippen LogP contribution is 2.29. The molecule has 0 aromatic heterocycles. The molecule has 0 unspecified atom stereocenters. The number of rotatable bonds is 5. The second-order valence-corrected chi connectivity index (χ2v) is 4.73. The normalized spacial score (nSPS) is 20.4. The molecule has 2 amide bonds. The fourth-order valence-electron chi connectivity index (χ4n) is 1.88. The zero-order valence-corrected chi connectivity index (χ0v) is 10.3. The van der Waals surface area contributed by atoms with Crippen molar-refractivity contribution in [1.29, 1.82) is 0 Å². The number of ether oxygens (including phenoxy) is 1. The van der Waals surface area contributed by atoms with E-state index < -0.39 is 5.97 Å². The van der Waals surface area contributed by atoms with Gasteiger partial charge in [-0.25, -0.2) is 9.80 Å². The lowest BCUT2D eigenvalue weighted by Crippen LogP contribution is -2.54. The summed E-state index contributed by atoms with van der Waals surface area (Å²) in [5, 5.41) is 10.6. The van der Waals surface area contributed by atoms with Crippen molar-refractivity contribution >= 4 is 12.0 Å². The molecule has 7 heteroatoms. The SMILES string of the molecule is O=C(O)CN(CC1CC1)C(=O)NN1CCOCC1. The first-order valence-corrected chi connectivity index (χ1v) is 6.25. The molecule has 0 atom stereocenters. The van der Waals surface area contributed by atoms with E-state index >= 15 is 0 Å². The third kappa shape index (κ3) is 4.15. The Morgan fingerprint density at radius 1 is 1.33 bits per heavy atom. The van der Waals surface area contributed by atoms with Crippen molar-refractivity contribution < 1.29 is 19.4 Å². The molecular formula is C11H19N3O4. The summed E-state index contributed by atoms with van der Waals surface area (Å²) in [5.74, 6) is -0.507. The van der Waals surface area contributed by atoms with Gasteiger partial charge in [-0.05, 0) is 18.8 Å². The summed E-state index contributed by atoms with van der Waals surface area (Å²) in [4.78, 5) is 24.1. The fourth-order valence-corrected chi connectivity index (χ4v) is 1.88. The highest BCUT2D eigenvalue weighted by molar-refractivity contribution is 5.79. The Morgan fingerprint density at radius 3 is 2.56 bits per heavy atom. The van der Waals surface area contributed by atoms with Crippen LogP contribution in [0.2, 0.25) is 0 Å². The first kappa shape index (κ1) is 13.1. The minimum absolute atomic E-state index is 0.243. The largest absolute Gasteiger partial charge is 0.480 e. The number of hydrogen-bond donors (Lipinski definition) is 2. The van der Waals surface area contributed by atoms with Crippen molar-refractivity contribution in [2.45, 2.75) is 12.8 Å². The second kappa shape index (κ2) is 6.01. The van der Waals surface area contributed by atoms with Crippen molar-refractivity contribution in [3.05, 3.63) is 0 Å². The smallest absolute Gasteiger partial charge is 0.332 e. The van der Waals surface area contributed by atoms with Gasteiger partial charge in [0.15, 0.2) is 0 Å². The summed E-state index contributed by atoms with van der Waals surface area (Å²) in [6.45, 7) is 2.73. The summed E-state index contributed by atoms with van der Waals surface area (Å²) < 4.78 is 5.18. The van der Waals surface area contributed by atoms with Crippen molar-refractivity contribution in [3.8, 4) is 0 Å². The maximum Gasteiger partial charge on any atom is 0.332 e. The van der Waals surface area contributed by atoms with E-state index in [0.29, 0.717) is 38.8 Å². The third-order valence-electron chi connectivity index (χ3n) is 3.05. The lowest BCUT2D eigenvalue weighted by molar-refractivity contribution is -0.137. The summed E-state index contributed by atoms with van der Waals surface area (Å²) in [6.07, 6.45) is 2.17. The molecular weight excluding hydrogens is 238 g/mol. The predicted molar refractivity (Wildman–Crippen MR) is 62.9 cm³/mol. The van der Waals surface area contributed by atoms with E-state index in [4.69, 9.17) is 9.84 Å². The van der Waals surface area contributed by atoms with Gasteiger partial charge in [0.25, 0.3) is 0 Å². The van der Waals surface area contributed by atoms with Crippen LogP contribution in [-0.2, 0) is 9.53 Å². The lowest BCUT2D eigenvalue weighted by atomic mass is 10.4. The number of amides is 2. The van der Waals surface area contributed by atoms with Gasteiger partial charge in [0, 0.05) is 19.6 Å². The first-order chi connectivity index (χ1) is 8.65. The van der Waals surface area contributed by atoms with E-state index in [1.165, 1.54) is 4.90 Å². The van der Waals surface area contributed by atoms with E-state index in [1.807, 2.05) is 0 Å². The molecule has 7 nitrogen and oxygen atoms in total. The Kier molecular flexibility index (Phi) is 4.38. The molecule has 0 bridgehead atoms. The highest BCUT2D eigenvalue weighted by atomic mass is 16.5. The molecule has 2 aliphatic rings. The van der Waals surface area contributed by atoms with Crippen LogP contribution >= 0.6 is 0 Å². The van der Waals surface area contributed by atoms with Crippen LogP contribution in [0.4, 0.5) is 4.79 Å². The van der Waals surface area contributed by atoms with Crippen LogP contribution < -0.4 is 5.43 Å². The van der Waals surface area contributed by atoms with Crippen LogP contribution in [0.25, 0.3) is 0 Å². The number of carbonyl (C=O) groups is 2. The standard InChI is InChI=1S/C11H19N3O4/c15-10(16)8-13(7-9-1-2-9)11(17)12-14-3-5-18-6-4-14/h9H,1-8H2,(H,12,17)(H,15,16). The monoisotopic (exact) mass is 257 g/mol. The predicted octanol–water partition coefficient (Wildman–Crippen LogP) is -0.260. The van der Waals surface area contributed by atoms with Gasteiger partial charge in [-0.2, -0.15) is 0 Å². The zero-order valence-electron chi connectivity index (χ0n) is 10.3. The van der Waals surface area contributed by atoms with E-state index in [2.05, 4.69) is 5.43 Å². The second-order valence-electron chi connectivity index (χ2n) is 4.73. The van der Waals surface area contributed by atoms with Crippen molar-refractivity contribution in [1.82, 2.24) is 15.3 Å². The quantitative estimate of drug-likeness (QED) is 0.709. The van der Waals surface area contributed by atoms with Gasteiger partial charge in [0.1, 0.15) is 6.54 Å². The van der Waals surface area contributed by atoms with Crippen molar-refractivity contribution in [2.24, 2.45) is 5.92 Å². The Bertz CT molecular complexity index is 313. The minimum Gasteiger partial charge on any atom is -0.480 e. The van der Waals surface area contributed by atoms with Gasteiger partial charge >= 0.3 is 12.0 Å². The average molecular weight is 257 g/mol. The number of carboxylic acids is 1. The molecule has 2 fully saturated rings. The number of carboxylic acid groups (broad SMARTS) is 1. The molecule has 1 heterocycles.